The van der Waals surface area contributed by atoms with E-state index in [1.165, 1.54) is 5.56 Å². The number of hydrogen-bond donors (Lipinski definition) is 0. The molecular formula is C20H25N3O2. The van der Waals surface area contributed by atoms with E-state index in [9.17, 15) is 4.79 Å². The minimum absolute atomic E-state index is 0.0690. The highest BCUT2D eigenvalue weighted by molar-refractivity contribution is 5.77. The summed E-state index contributed by atoms with van der Waals surface area (Å²) in [6.45, 7) is 6.21. The Morgan fingerprint density at radius 3 is 3.04 bits per heavy atom. The molecule has 1 atom stereocenters. The van der Waals surface area contributed by atoms with Crippen LogP contribution < -0.4 is 0 Å². The molecule has 25 heavy (non-hydrogen) atoms. The van der Waals surface area contributed by atoms with Crippen molar-refractivity contribution >= 4 is 5.91 Å². The topological polar surface area (TPSA) is 55.3 Å². The Hall–Kier alpha value is -2.27. The van der Waals surface area contributed by atoms with Crippen LogP contribution in [0.3, 0.4) is 0 Å². The van der Waals surface area contributed by atoms with Gasteiger partial charge in [-0.3, -0.25) is 4.79 Å². The molecule has 132 valence electrons. The monoisotopic (exact) mass is 339 g/mol. The van der Waals surface area contributed by atoms with Gasteiger partial charge in [-0.2, -0.15) is 0 Å². The Bertz CT molecular complexity index is 732. The van der Waals surface area contributed by atoms with Gasteiger partial charge in [0.15, 0.2) is 5.82 Å². The third kappa shape index (κ3) is 4.42. The van der Waals surface area contributed by atoms with Crippen molar-refractivity contribution in [3.05, 3.63) is 47.8 Å². The highest BCUT2D eigenvalue weighted by atomic mass is 16.5. The molecule has 0 radical (unpaired) electrons. The van der Waals surface area contributed by atoms with Gasteiger partial charge >= 0.3 is 0 Å². The lowest BCUT2D eigenvalue weighted by molar-refractivity contribution is -0.137. The van der Waals surface area contributed by atoms with Crippen LogP contribution in [-0.2, 0) is 9.53 Å². The van der Waals surface area contributed by atoms with E-state index in [0.717, 1.165) is 36.5 Å². The van der Waals surface area contributed by atoms with Crippen LogP contribution >= 0.6 is 0 Å². The van der Waals surface area contributed by atoms with E-state index in [0.29, 0.717) is 13.2 Å². The number of piperidine rings is 1. The third-order valence-electron chi connectivity index (χ3n) is 4.58. The van der Waals surface area contributed by atoms with Crippen molar-refractivity contribution in [2.75, 3.05) is 26.3 Å². The Kier molecular flexibility index (Phi) is 5.76. The van der Waals surface area contributed by atoms with Gasteiger partial charge in [-0.1, -0.05) is 23.8 Å². The van der Waals surface area contributed by atoms with Crippen LogP contribution in [0.15, 0.2) is 36.5 Å². The molecule has 0 aliphatic carbocycles. The molecule has 5 heteroatoms. The Balaban J connectivity index is 1.75. The first-order chi connectivity index (χ1) is 12.2. The number of carbonyl (C=O) groups excluding carboxylic acids is 1. The molecule has 5 nitrogen and oxygen atoms in total. The summed E-state index contributed by atoms with van der Waals surface area (Å²) in [5.74, 6) is 1.07. The summed E-state index contributed by atoms with van der Waals surface area (Å²) < 4.78 is 5.26. The molecule has 0 saturated carbocycles. The lowest BCUT2D eigenvalue weighted by Gasteiger charge is -2.32. The van der Waals surface area contributed by atoms with Crippen LogP contribution in [0, 0.1) is 6.92 Å². The molecule has 1 aliphatic heterocycles. The zero-order chi connectivity index (χ0) is 17.6. The Morgan fingerprint density at radius 2 is 2.24 bits per heavy atom. The van der Waals surface area contributed by atoms with E-state index in [-0.39, 0.29) is 18.4 Å². The summed E-state index contributed by atoms with van der Waals surface area (Å²) in [7, 11) is 0. The van der Waals surface area contributed by atoms with Crippen LogP contribution in [-0.4, -0.2) is 47.1 Å². The second-order valence-electron chi connectivity index (χ2n) is 6.49. The first kappa shape index (κ1) is 17.5. The van der Waals surface area contributed by atoms with E-state index < -0.39 is 0 Å². The fourth-order valence-electron chi connectivity index (χ4n) is 3.25. The van der Waals surface area contributed by atoms with Crippen LogP contribution in [0.25, 0.3) is 11.4 Å². The lowest BCUT2D eigenvalue weighted by atomic mass is 9.94. The Morgan fingerprint density at radius 1 is 1.36 bits per heavy atom. The maximum absolute atomic E-state index is 12.2. The van der Waals surface area contributed by atoms with E-state index in [2.05, 4.69) is 24.0 Å². The van der Waals surface area contributed by atoms with E-state index in [1.807, 2.05) is 36.2 Å². The number of likely N-dealkylation sites (tertiary alicyclic amines) is 1. The summed E-state index contributed by atoms with van der Waals surface area (Å²) >= 11 is 0. The molecule has 1 saturated heterocycles. The quantitative estimate of drug-likeness (QED) is 0.839. The van der Waals surface area contributed by atoms with Gasteiger partial charge < -0.3 is 9.64 Å². The van der Waals surface area contributed by atoms with Gasteiger partial charge in [0.2, 0.25) is 5.91 Å². The molecule has 3 rings (SSSR count). The number of benzene rings is 1. The van der Waals surface area contributed by atoms with Gasteiger partial charge in [0.25, 0.3) is 0 Å². The Labute approximate surface area is 149 Å². The molecule has 0 bridgehead atoms. The predicted molar refractivity (Wildman–Crippen MR) is 97.3 cm³/mol. The summed E-state index contributed by atoms with van der Waals surface area (Å²) in [5.41, 5.74) is 3.24. The maximum Gasteiger partial charge on any atom is 0.248 e. The first-order valence-electron chi connectivity index (χ1n) is 8.93. The van der Waals surface area contributed by atoms with Crippen molar-refractivity contribution in [3.63, 3.8) is 0 Å². The van der Waals surface area contributed by atoms with Crippen molar-refractivity contribution in [2.45, 2.75) is 32.6 Å². The molecule has 1 fully saturated rings. The highest BCUT2D eigenvalue weighted by Gasteiger charge is 2.25. The van der Waals surface area contributed by atoms with Crippen LogP contribution in [0.4, 0.5) is 0 Å². The second kappa shape index (κ2) is 8.21. The number of nitrogens with zero attached hydrogens (tertiary/aromatic N) is 3. The molecular weight excluding hydrogens is 314 g/mol. The van der Waals surface area contributed by atoms with Gasteiger partial charge in [0, 0.05) is 43.1 Å². The van der Waals surface area contributed by atoms with Gasteiger partial charge in [0.05, 0.1) is 0 Å². The van der Waals surface area contributed by atoms with Gasteiger partial charge in [-0.05, 0) is 38.8 Å². The normalized spacial score (nSPS) is 17.5. The standard InChI is InChI=1S/C20H25N3O2/c1-3-25-14-19(24)23-11-5-8-17(13-23)18-9-10-21-20(22-18)16-7-4-6-15(2)12-16/h4,6-7,9-10,12,17H,3,5,8,11,13-14H2,1-2H3/t17-/m1/s1. The van der Waals surface area contributed by atoms with Gasteiger partial charge in [-0.25, -0.2) is 9.97 Å². The first-order valence-corrected chi connectivity index (χ1v) is 8.93. The predicted octanol–water partition coefficient (Wildman–Crippen LogP) is 3.19. The van der Waals surface area contributed by atoms with Crippen LogP contribution in [0.5, 0.6) is 0 Å². The molecule has 1 aromatic heterocycles. The molecule has 0 unspecified atom stereocenters. The average Bonchev–Trinajstić information content (AvgIpc) is 2.66. The average molecular weight is 339 g/mol. The minimum atomic E-state index is 0.0690. The summed E-state index contributed by atoms with van der Waals surface area (Å²) in [4.78, 5) is 23.3. The van der Waals surface area contributed by atoms with Crippen molar-refractivity contribution in [2.24, 2.45) is 0 Å². The van der Waals surface area contributed by atoms with Gasteiger partial charge in [-0.15, -0.1) is 0 Å². The number of aromatic nitrogens is 2. The maximum atomic E-state index is 12.2. The smallest absolute Gasteiger partial charge is 0.248 e. The number of carbonyl (C=O) groups is 1. The molecule has 0 spiro atoms. The van der Waals surface area contributed by atoms with E-state index >= 15 is 0 Å². The lowest BCUT2D eigenvalue weighted by Crippen LogP contribution is -2.41. The van der Waals surface area contributed by atoms with Crippen molar-refractivity contribution in [1.29, 1.82) is 0 Å². The van der Waals surface area contributed by atoms with Crippen molar-refractivity contribution in [3.8, 4) is 11.4 Å². The highest BCUT2D eigenvalue weighted by Crippen LogP contribution is 2.27. The van der Waals surface area contributed by atoms with E-state index in [1.54, 1.807) is 0 Å². The summed E-state index contributed by atoms with van der Waals surface area (Å²) in [5, 5.41) is 0. The molecule has 1 aliphatic rings. The van der Waals surface area contributed by atoms with Crippen molar-refractivity contribution < 1.29 is 9.53 Å². The summed E-state index contributed by atoms with van der Waals surface area (Å²) in [6, 6.07) is 10.2. The molecule has 1 amide bonds. The van der Waals surface area contributed by atoms with Crippen molar-refractivity contribution in [1.82, 2.24) is 14.9 Å². The number of ether oxygens (including phenoxy) is 1. The molecule has 2 heterocycles. The summed E-state index contributed by atoms with van der Waals surface area (Å²) in [6.07, 6.45) is 3.86. The number of rotatable bonds is 5. The molecule has 2 aromatic rings. The second-order valence-corrected chi connectivity index (χ2v) is 6.49. The SMILES string of the molecule is CCOCC(=O)N1CCC[C@@H](c2ccnc(-c3cccc(C)c3)n2)C1. The largest absolute Gasteiger partial charge is 0.372 e. The zero-order valence-corrected chi connectivity index (χ0v) is 14.9. The minimum Gasteiger partial charge on any atom is -0.372 e. The third-order valence-corrected chi connectivity index (χ3v) is 4.58. The zero-order valence-electron chi connectivity index (χ0n) is 14.9. The van der Waals surface area contributed by atoms with Gasteiger partial charge in [0.1, 0.15) is 6.61 Å². The molecule has 1 aromatic carbocycles. The van der Waals surface area contributed by atoms with E-state index in [4.69, 9.17) is 9.72 Å². The van der Waals surface area contributed by atoms with Crippen LogP contribution in [0.1, 0.15) is 36.9 Å². The number of amides is 1. The fourth-order valence-corrected chi connectivity index (χ4v) is 3.25. The number of hydrogen-bond acceptors (Lipinski definition) is 4. The number of aryl methyl sites for hydroxylation is 1. The fraction of sp³-hybridized carbons (Fsp3) is 0.450. The van der Waals surface area contributed by atoms with Crippen LogP contribution in [0.2, 0.25) is 0 Å². The molecule has 0 N–H and O–H groups in total.